The Morgan fingerprint density at radius 3 is 2.00 bits per heavy atom. The molecule has 82 valence electrons. The van der Waals surface area contributed by atoms with E-state index in [-0.39, 0.29) is 0 Å². The van der Waals surface area contributed by atoms with Gasteiger partial charge in [-0.25, -0.2) is 0 Å². The zero-order valence-electron chi connectivity index (χ0n) is 10.4. The van der Waals surface area contributed by atoms with E-state index in [1.807, 2.05) is 0 Å². The largest absolute Gasteiger partial charge is 0.0956 e. The van der Waals surface area contributed by atoms with E-state index in [2.05, 4.69) is 40.3 Å². The summed E-state index contributed by atoms with van der Waals surface area (Å²) in [6.07, 6.45) is 8.55. The third-order valence-electron chi connectivity index (χ3n) is 2.79. The minimum absolute atomic E-state index is 0.714. The lowest BCUT2D eigenvalue weighted by Crippen LogP contribution is -2.01. The van der Waals surface area contributed by atoms with Crippen LogP contribution >= 0.6 is 0 Å². The molecule has 0 saturated heterocycles. The summed E-state index contributed by atoms with van der Waals surface area (Å²) in [5.74, 6) is 0.714. The van der Waals surface area contributed by atoms with Crippen molar-refractivity contribution in [3.8, 4) is 0 Å². The molecule has 14 heavy (non-hydrogen) atoms. The van der Waals surface area contributed by atoms with Gasteiger partial charge in [0.15, 0.2) is 0 Å². The lowest BCUT2D eigenvalue weighted by molar-refractivity contribution is 0.513. The molecule has 0 aliphatic carbocycles. The van der Waals surface area contributed by atoms with E-state index in [1.165, 1.54) is 36.8 Å². The maximum absolute atomic E-state index is 4.20. The first kappa shape index (κ1) is 13.5. The summed E-state index contributed by atoms with van der Waals surface area (Å²) in [5, 5.41) is 0. The first-order valence-electron chi connectivity index (χ1n) is 6.01. The van der Waals surface area contributed by atoms with Crippen LogP contribution in [0.2, 0.25) is 0 Å². The summed E-state index contributed by atoms with van der Waals surface area (Å²) in [6.45, 7) is 13.1. The molecular weight excluding hydrogens is 168 g/mol. The summed E-state index contributed by atoms with van der Waals surface area (Å²) < 4.78 is 0. The SMILES string of the molecule is C=C(/C=C(/C)CC)C(CCC)CCC. The maximum atomic E-state index is 4.20. The highest BCUT2D eigenvalue weighted by Crippen LogP contribution is 2.23. The van der Waals surface area contributed by atoms with Crippen molar-refractivity contribution in [1.82, 2.24) is 0 Å². The van der Waals surface area contributed by atoms with Crippen molar-refractivity contribution in [3.05, 3.63) is 23.8 Å². The van der Waals surface area contributed by atoms with E-state index in [4.69, 9.17) is 0 Å². The zero-order chi connectivity index (χ0) is 11.0. The molecule has 0 heterocycles. The molecule has 0 aliphatic heterocycles. The molecule has 0 rings (SSSR count). The fraction of sp³-hybridized carbons (Fsp3) is 0.714. The van der Waals surface area contributed by atoms with E-state index < -0.39 is 0 Å². The van der Waals surface area contributed by atoms with Gasteiger partial charge in [0.05, 0.1) is 0 Å². The molecule has 0 fully saturated rings. The third-order valence-corrected chi connectivity index (χ3v) is 2.79. The van der Waals surface area contributed by atoms with Crippen molar-refractivity contribution in [2.24, 2.45) is 5.92 Å². The van der Waals surface area contributed by atoms with Gasteiger partial charge in [-0.3, -0.25) is 0 Å². The summed E-state index contributed by atoms with van der Waals surface area (Å²) in [4.78, 5) is 0. The predicted molar refractivity (Wildman–Crippen MR) is 66.5 cm³/mol. The second-order valence-electron chi connectivity index (χ2n) is 4.19. The molecule has 0 heteroatoms. The van der Waals surface area contributed by atoms with E-state index >= 15 is 0 Å². The van der Waals surface area contributed by atoms with Gasteiger partial charge in [0.1, 0.15) is 0 Å². The average molecular weight is 194 g/mol. The zero-order valence-corrected chi connectivity index (χ0v) is 10.4. The van der Waals surface area contributed by atoms with Crippen LogP contribution in [0.25, 0.3) is 0 Å². The second kappa shape index (κ2) is 7.84. The normalized spacial score (nSPS) is 12.2. The summed E-state index contributed by atoms with van der Waals surface area (Å²) in [6, 6.07) is 0. The Hall–Kier alpha value is -0.520. The van der Waals surface area contributed by atoms with Gasteiger partial charge in [0.25, 0.3) is 0 Å². The molecule has 0 saturated carbocycles. The molecule has 0 nitrogen and oxygen atoms in total. The van der Waals surface area contributed by atoms with Crippen molar-refractivity contribution >= 4 is 0 Å². The van der Waals surface area contributed by atoms with E-state index in [0.29, 0.717) is 5.92 Å². The van der Waals surface area contributed by atoms with Crippen LogP contribution in [0.1, 0.15) is 59.8 Å². The molecule has 0 aliphatic rings. The van der Waals surface area contributed by atoms with Gasteiger partial charge in [-0.15, -0.1) is 0 Å². The molecule has 0 aromatic heterocycles. The van der Waals surface area contributed by atoms with Crippen LogP contribution < -0.4 is 0 Å². The Morgan fingerprint density at radius 2 is 1.64 bits per heavy atom. The number of hydrogen-bond acceptors (Lipinski definition) is 0. The van der Waals surface area contributed by atoms with Crippen LogP contribution in [0, 0.1) is 5.92 Å². The highest BCUT2D eigenvalue weighted by molar-refractivity contribution is 5.22. The van der Waals surface area contributed by atoms with E-state index in [9.17, 15) is 0 Å². The van der Waals surface area contributed by atoms with E-state index in [1.54, 1.807) is 0 Å². The molecule has 0 spiro atoms. The van der Waals surface area contributed by atoms with Crippen molar-refractivity contribution in [3.63, 3.8) is 0 Å². The van der Waals surface area contributed by atoms with Gasteiger partial charge in [-0.05, 0) is 32.1 Å². The number of hydrogen-bond donors (Lipinski definition) is 0. The molecule has 0 N–H and O–H groups in total. The van der Waals surface area contributed by atoms with Crippen LogP contribution in [0.15, 0.2) is 23.8 Å². The van der Waals surface area contributed by atoms with Crippen LogP contribution in [0.4, 0.5) is 0 Å². The molecule has 0 amide bonds. The van der Waals surface area contributed by atoms with Crippen molar-refractivity contribution in [2.75, 3.05) is 0 Å². The fourth-order valence-corrected chi connectivity index (χ4v) is 1.75. The average Bonchev–Trinajstić information content (AvgIpc) is 2.17. The minimum Gasteiger partial charge on any atom is -0.0956 e. The molecule has 0 aromatic rings. The van der Waals surface area contributed by atoms with Crippen LogP contribution in [-0.2, 0) is 0 Å². The molecular formula is C14H26. The smallest absolute Gasteiger partial charge is 0.0168 e. The summed E-state index contributed by atoms with van der Waals surface area (Å²) in [7, 11) is 0. The molecule has 0 unspecified atom stereocenters. The quantitative estimate of drug-likeness (QED) is 0.494. The van der Waals surface area contributed by atoms with E-state index in [0.717, 1.165) is 6.42 Å². The van der Waals surface area contributed by atoms with Gasteiger partial charge in [-0.1, -0.05) is 57.4 Å². The highest BCUT2D eigenvalue weighted by atomic mass is 14.1. The van der Waals surface area contributed by atoms with Gasteiger partial charge in [0, 0.05) is 0 Å². The monoisotopic (exact) mass is 194 g/mol. The van der Waals surface area contributed by atoms with Gasteiger partial charge in [-0.2, -0.15) is 0 Å². The summed E-state index contributed by atoms with van der Waals surface area (Å²) in [5.41, 5.74) is 2.79. The predicted octanol–water partition coefficient (Wildman–Crippen LogP) is 5.12. The molecule has 0 bridgehead atoms. The van der Waals surface area contributed by atoms with Crippen molar-refractivity contribution in [2.45, 2.75) is 59.8 Å². The van der Waals surface area contributed by atoms with Crippen LogP contribution in [-0.4, -0.2) is 0 Å². The van der Waals surface area contributed by atoms with Crippen molar-refractivity contribution < 1.29 is 0 Å². The summed E-state index contributed by atoms with van der Waals surface area (Å²) >= 11 is 0. The van der Waals surface area contributed by atoms with Crippen LogP contribution in [0.5, 0.6) is 0 Å². The molecule has 0 aromatic carbocycles. The Labute approximate surface area is 90.1 Å². The topological polar surface area (TPSA) is 0 Å². The standard InChI is InChI=1S/C14H26/c1-6-9-14(10-7-2)13(5)11-12(4)8-3/h11,14H,5-10H2,1-4H3/b12-11-. The number of allylic oxidation sites excluding steroid dienone is 3. The van der Waals surface area contributed by atoms with Crippen molar-refractivity contribution in [1.29, 1.82) is 0 Å². The molecule has 0 atom stereocenters. The lowest BCUT2D eigenvalue weighted by atomic mass is 9.90. The number of rotatable bonds is 7. The van der Waals surface area contributed by atoms with Crippen LogP contribution in [0.3, 0.4) is 0 Å². The Bertz CT molecular complexity index is 180. The molecule has 0 radical (unpaired) electrons. The minimum atomic E-state index is 0.714. The first-order valence-corrected chi connectivity index (χ1v) is 6.01. The second-order valence-corrected chi connectivity index (χ2v) is 4.19. The fourth-order valence-electron chi connectivity index (χ4n) is 1.75. The van der Waals surface area contributed by atoms with Gasteiger partial charge < -0.3 is 0 Å². The maximum Gasteiger partial charge on any atom is -0.0168 e. The third kappa shape index (κ3) is 5.26. The Balaban J connectivity index is 4.27. The highest BCUT2D eigenvalue weighted by Gasteiger charge is 2.08. The lowest BCUT2D eigenvalue weighted by Gasteiger charge is -2.16. The first-order chi connectivity index (χ1) is 6.65. The van der Waals surface area contributed by atoms with Gasteiger partial charge >= 0.3 is 0 Å². The van der Waals surface area contributed by atoms with Gasteiger partial charge in [0.2, 0.25) is 0 Å². The Morgan fingerprint density at radius 1 is 1.14 bits per heavy atom. The Kier molecular flexibility index (Phi) is 7.55.